The van der Waals surface area contributed by atoms with Crippen LogP contribution >= 0.6 is 11.6 Å². The number of benzene rings is 1. The molecule has 0 spiro atoms. The minimum atomic E-state index is 0.330. The van der Waals surface area contributed by atoms with Crippen LogP contribution in [0.4, 0.5) is 0 Å². The van der Waals surface area contributed by atoms with Crippen molar-refractivity contribution in [1.82, 2.24) is 10.2 Å². The molecule has 13 heavy (non-hydrogen) atoms. The quantitative estimate of drug-likeness (QED) is 0.752. The number of halogens is 1. The van der Waals surface area contributed by atoms with Gasteiger partial charge in [-0.25, -0.2) is 0 Å². The number of fused-ring (bicyclic) bond motifs is 1. The maximum atomic E-state index is 8.54. The van der Waals surface area contributed by atoms with Crippen molar-refractivity contribution in [2.75, 3.05) is 0 Å². The Bertz CT molecular complexity index is 481. The minimum Gasteiger partial charge on any atom is -0.280 e. The van der Waals surface area contributed by atoms with E-state index in [1.807, 2.05) is 12.1 Å². The van der Waals surface area contributed by atoms with E-state index in [4.69, 9.17) is 16.9 Å². The fourth-order valence-corrected chi connectivity index (χ4v) is 1.42. The van der Waals surface area contributed by atoms with Gasteiger partial charge in [0.2, 0.25) is 0 Å². The lowest BCUT2D eigenvalue weighted by molar-refractivity contribution is 1.03. The summed E-state index contributed by atoms with van der Waals surface area (Å²) in [5, 5.41) is 17.0. The third-order valence-corrected chi connectivity index (χ3v) is 2.09. The van der Waals surface area contributed by atoms with E-state index in [0.29, 0.717) is 11.4 Å². The molecule has 0 fully saturated rings. The standard InChI is InChI=1S/C9H6ClN3/c10-6-1-2-8-7(5-6)9(3-4-11)13-12-8/h1-2,5H,3H2,(H,12,13). The lowest BCUT2D eigenvalue weighted by Crippen LogP contribution is -1.81. The van der Waals surface area contributed by atoms with Gasteiger partial charge in [-0.1, -0.05) is 11.6 Å². The summed E-state index contributed by atoms with van der Waals surface area (Å²) < 4.78 is 0. The van der Waals surface area contributed by atoms with Gasteiger partial charge in [0, 0.05) is 10.4 Å². The predicted octanol–water partition coefficient (Wildman–Crippen LogP) is 2.28. The second-order valence-corrected chi connectivity index (χ2v) is 3.13. The van der Waals surface area contributed by atoms with Crippen molar-refractivity contribution in [2.45, 2.75) is 6.42 Å². The second-order valence-electron chi connectivity index (χ2n) is 2.70. The van der Waals surface area contributed by atoms with Gasteiger partial charge in [0.05, 0.1) is 23.7 Å². The molecule has 1 aromatic heterocycles. The van der Waals surface area contributed by atoms with E-state index in [9.17, 15) is 0 Å². The van der Waals surface area contributed by atoms with Crippen molar-refractivity contribution in [3.05, 3.63) is 28.9 Å². The molecule has 0 saturated carbocycles. The first-order valence-electron chi connectivity index (χ1n) is 3.80. The predicted molar refractivity (Wildman–Crippen MR) is 50.4 cm³/mol. The van der Waals surface area contributed by atoms with Gasteiger partial charge in [-0.3, -0.25) is 5.10 Å². The molecule has 0 aliphatic heterocycles. The first-order valence-corrected chi connectivity index (χ1v) is 4.18. The van der Waals surface area contributed by atoms with Gasteiger partial charge >= 0.3 is 0 Å². The van der Waals surface area contributed by atoms with Gasteiger partial charge < -0.3 is 0 Å². The summed E-state index contributed by atoms with van der Waals surface area (Å²) >= 11 is 5.82. The lowest BCUT2D eigenvalue weighted by Gasteiger charge is -1.91. The summed E-state index contributed by atoms with van der Waals surface area (Å²) in [4.78, 5) is 0. The van der Waals surface area contributed by atoms with Gasteiger partial charge in [-0.2, -0.15) is 10.4 Å². The highest BCUT2D eigenvalue weighted by Crippen LogP contribution is 2.20. The van der Waals surface area contributed by atoms with E-state index in [1.54, 1.807) is 6.07 Å². The number of aromatic nitrogens is 2. The number of hydrogen-bond donors (Lipinski definition) is 1. The topological polar surface area (TPSA) is 52.5 Å². The first kappa shape index (κ1) is 8.09. The summed E-state index contributed by atoms with van der Waals surface area (Å²) in [6.45, 7) is 0. The summed E-state index contributed by atoms with van der Waals surface area (Å²) in [5.74, 6) is 0. The fraction of sp³-hybridized carbons (Fsp3) is 0.111. The molecule has 0 atom stereocenters. The van der Waals surface area contributed by atoms with E-state index in [2.05, 4.69) is 16.3 Å². The molecule has 2 aromatic rings. The van der Waals surface area contributed by atoms with Crippen LogP contribution in [0, 0.1) is 11.3 Å². The van der Waals surface area contributed by atoms with Crippen LogP contribution in [0.2, 0.25) is 5.02 Å². The van der Waals surface area contributed by atoms with Crippen LogP contribution in [-0.4, -0.2) is 10.2 Å². The molecule has 2 rings (SSSR count). The average Bonchev–Trinajstić information content (AvgIpc) is 2.49. The van der Waals surface area contributed by atoms with Crippen molar-refractivity contribution < 1.29 is 0 Å². The third kappa shape index (κ3) is 1.36. The first-order chi connectivity index (χ1) is 6.31. The summed E-state index contributed by atoms with van der Waals surface area (Å²) in [5.41, 5.74) is 1.66. The smallest absolute Gasteiger partial charge is 0.0925 e. The molecule has 64 valence electrons. The Morgan fingerprint density at radius 2 is 2.38 bits per heavy atom. The van der Waals surface area contributed by atoms with Crippen molar-refractivity contribution in [3.63, 3.8) is 0 Å². The zero-order valence-corrected chi connectivity index (χ0v) is 7.47. The van der Waals surface area contributed by atoms with Gasteiger partial charge in [-0.15, -0.1) is 0 Å². The Hall–Kier alpha value is -1.53. The Morgan fingerprint density at radius 1 is 1.54 bits per heavy atom. The van der Waals surface area contributed by atoms with Crippen LogP contribution < -0.4 is 0 Å². The molecule has 0 unspecified atom stereocenters. The number of nitrogens with zero attached hydrogens (tertiary/aromatic N) is 2. The highest BCUT2D eigenvalue weighted by Gasteiger charge is 2.04. The average molecular weight is 192 g/mol. The molecule has 0 aliphatic rings. The Morgan fingerprint density at radius 3 is 3.15 bits per heavy atom. The van der Waals surface area contributed by atoms with Crippen LogP contribution in [-0.2, 0) is 6.42 Å². The van der Waals surface area contributed by atoms with Gasteiger partial charge in [0.1, 0.15) is 0 Å². The van der Waals surface area contributed by atoms with E-state index in [1.165, 1.54) is 0 Å². The van der Waals surface area contributed by atoms with Crippen LogP contribution in [0.1, 0.15) is 5.69 Å². The normalized spacial score (nSPS) is 10.2. The van der Waals surface area contributed by atoms with E-state index in [0.717, 1.165) is 16.6 Å². The third-order valence-electron chi connectivity index (χ3n) is 1.85. The Balaban J connectivity index is 2.66. The zero-order valence-electron chi connectivity index (χ0n) is 6.71. The molecule has 3 nitrogen and oxygen atoms in total. The molecular weight excluding hydrogens is 186 g/mol. The summed E-state index contributed by atoms with van der Waals surface area (Å²) in [6, 6.07) is 7.49. The van der Waals surface area contributed by atoms with Crippen molar-refractivity contribution in [1.29, 1.82) is 5.26 Å². The molecule has 0 saturated heterocycles. The van der Waals surface area contributed by atoms with Crippen LogP contribution in [0.3, 0.4) is 0 Å². The van der Waals surface area contributed by atoms with Crippen LogP contribution in [0.25, 0.3) is 10.9 Å². The van der Waals surface area contributed by atoms with Gasteiger partial charge in [0.25, 0.3) is 0 Å². The maximum Gasteiger partial charge on any atom is 0.0925 e. The largest absolute Gasteiger partial charge is 0.280 e. The molecule has 0 aliphatic carbocycles. The number of nitrogens with one attached hydrogen (secondary N) is 1. The Labute approximate surface area is 79.9 Å². The van der Waals surface area contributed by atoms with Crippen molar-refractivity contribution in [3.8, 4) is 6.07 Å². The van der Waals surface area contributed by atoms with Gasteiger partial charge in [-0.05, 0) is 18.2 Å². The molecule has 0 radical (unpaired) electrons. The number of rotatable bonds is 1. The molecule has 0 bridgehead atoms. The number of H-pyrrole nitrogens is 1. The van der Waals surface area contributed by atoms with Crippen LogP contribution in [0.5, 0.6) is 0 Å². The van der Waals surface area contributed by atoms with E-state index < -0.39 is 0 Å². The summed E-state index contributed by atoms with van der Waals surface area (Å²) in [6.07, 6.45) is 0.330. The van der Waals surface area contributed by atoms with E-state index >= 15 is 0 Å². The van der Waals surface area contributed by atoms with Crippen LogP contribution in [0.15, 0.2) is 18.2 Å². The number of nitriles is 1. The highest BCUT2D eigenvalue weighted by molar-refractivity contribution is 6.31. The minimum absolute atomic E-state index is 0.330. The molecule has 1 aromatic carbocycles. The number of hydrogen-bond acceptors (Lipinski definition) is 2. The SMILES string of the molecule is N#CCc1[nH]nc2ccc(Cl)cc12. The molecule has 0 amide bonds. The van der Waals surface area contributed by atoms with Gasteiger partial charge in [0.15, 0.2) is 0 Å². The Kier molecular flexibility index (Phi) is 1.91. The maximum absolute atomic E-state index is 8.54. The van der Waals surface area contributed by atoms with E-state index in [-0.39, 0.29) is 0 Å². The monoisotopic (exact) mass is 191 g/mol. The summed E-state index contributed by atoms with van der Waals surface area (Å²) in [7, 11) is 0. The lowest BCUT2D eigenvalue weighted by atomic mass is 10.2. The molecule has 4 heteroatoms. The fourth-order valence-electron chi connectivity index (χ4n) is 1.25. The second kappa shape index (κ2) is 3.08. The van der Waals surface area contributed by atoms with Crippen molar-refractivity contribution >= 4 is 22.5 Å². The zero-order chi connectivity index (χ0) is 9.26. The molecular formula is C9H6ClN3. The number of aromatic amines is 1. The molecule has 1 heterocycles. The highest BCUT2D eigenvalue weighted by atomic mass is 35.5. The molecule has 1 N–H and O–H groups in total. The van der Waals surface area contributed by atoms with Crippen molar-refractivity contribution in [2.24, 2.45) is 0 Å².